The lowest BCUT2D eigenvalue weighted by Crippen LogP contribution is -2.54. The third-order valence-corrected chi connectivity index (χ3v) is 14.7. The molecular formula is C60H66F3N9O9. The zero-order valence-electron chi connectivity index (χ0n) is 45.3. The number of imidazole rings is 1. The zero-order chi connectivity index (χ0) is 57.5. The normalized spacial score (nSPS) is 15.8. The van der Waals surface area contributed by atoms with E-state index in [1.807, 2.05) is 17.9 Å². The first-order valence-electron chi connectivity index (χ1n) is 27.6. The number of carbonyl (C=O) groups excluding carboxylic acids is 8. The number of Topliss-reactive ketones (excluding diaryl/α,β-unsaturated/α-hetero) is 2. The van der Waals surface area contributed by atoms with Crippen LogP contribution in [0.5, 0.6) is 5.75 Å². The molecule has 6 amide bonds. The van der Waals surface area contributed by atoms with Crippen LogP contribution in [0.2, 0.25) is 0 Å². The van der Waals surface area contributed by atoms with Crippen LogP contribution >= 0.6 is 0 Å². The van der Waals surface area contributed by atoms with E-state index in [1.165, 1.54) is 24.3 Å². The van der Waals surface area contributed by atoms with E-state index < -0.39 is 47.3 Å². The zero-order valence-corrected chi connectivity index (χ0v) is 45.3. The number of piperidine rings is 1. The van der Waals surface area contributed by atoms with Crippen molar-refractivity contribution >= 4 is 52.7 Å². The van der Waals surface area contributed by atoms with Crippen LogP contribution in [0.3, 0.4) is 0 Å². The van der Waals surface area contributed by atoms with E-state index in [0.29, 0.717) is 74.6 Å². The Hall–Kier alpha value is -8.09. The maximum Gasteiger partial charge on any atom is 0.416 e. The van der Waals surface area contributed by atoms with E-state index in [9.17, 15) is 51.5 Å². The Balaban J connectivity index is 0.636. The minimum atomic E-state index is -4.61. The third-order valence-electron chi connectivity index (χ3n) is 14.7. The van der Waals surface area contributed by atoms with Crippen molar-refractivity contribution in [3.05, 3.63) is 129 Å². The lowest BCUT2D eigenvalue weighted by molar-refractivity contribution is -0.139. The predicted octanol–water partition coefficient (Wildman–Crippen LogP) is 6.57. The molecule has 3 N–H and O–H groups in total. The first kappa shape index (κ1) is 59.0. The molecule has 8 rings (SSSR count). The molecule has 2 saturated heterocycles. The second-order valence-electron chi connectivity index (χ2n) is 20.7. The summed E-state index contributed by atoms with van der Waals surface area (Å²) in [5, 5.41) is 12.1. The summed E-state index contributed by atoms with van der Waals surface area (Å²) in [6, 6.07) is 16.2. The van der Waals surface area contributed by atoms with Crippen molar-refractivity contribution in [1.82, 2.24) is 45.2 Å². The molecule has 2 aromatic heterocycles. The molecule has 81 heavy (non-hydrogen) atoms. The highest BCUT2D eigenvalue weighted by Crippen LogP contribution is 2.35. The molecule has 3 aliphatic rings. The number of halogens is 3. The molecule has 0 spiro atoms. The highest BCUT2D eigenvalue weighted by molar-refractivity contribution is 6.24. The lowest BCUT2D eigenvalue weighted by Gasteiger charge is -2.35. The number of hydrogen-bond donors (Lipinski definition) is 3. The van der Waals surface area contributed by atoms with Crippen molar-refractivity contribution < 1.29 is 56.3 Å². The van der Waals surface area contributed by atoms with Crippen molar-refractivity contribution in [2.45, 2.75) is 116 Å². The smallest absolute Gasteiger partial charge is 0.416 e. The second-order valence-corrected chi connectivity index (χ2v) is 20.7. The number of amides is 6. The van der Waals surface area contributed by atoms with E-state index in [4.69, 9.17) is 4.74 Å². The fourth-order valence-corrected chi connectivity index (χ4v) is 10.2. The molecule has 426 valence electrons. The first-order valence-corrected chi connectivity index (χ1v) is 27.6. The number of nitrogens with one attached hydrogen (secondary N) is 3. The number of aromatic nitrogens is 3. The molecule has 1 atom stereocenters. The van der Waals surface area contributed by atoms with E-state index in [-0.39, 0.29) is 90.7 Å². The lowest BCUT2D eigenvalue weighted by atomic mass is 9.96. The van der Waals surface area contributed by atoms with E-state index in [0.717, 1.165) is 68.0 Å². The van der Waals surface area contributed by atoms with Crippen molar-refractivity contribution in [1.29, 1.82) is 0 Å². The van der Waals surface area contributed by atoms with Gasteiger partial charge in [0.15, 0.2) is 18.0 Å². The number of ketones is 2. The number of rotatable bonds is 26. The Morgan fingerprint density at radius 2 is 1.52 bits per heavy atom. The topological polar surface area (TPSA) is 222 Å². The second kappa shape index (κ2) is 27.9. The average Bonchev–Trinajstić information content (AvgIpc) is 4.19. The van der Waals surface area contributed by atoms with Gasteiger partial charge in [0.1, 0.15) is 23.3 Å². The van der Waals surface area contributed by atoms with Gasteiger partial charge in [-0.15, -0.1) is 0 Å². The summed E-state index contributed by atoms with van der Waals surface area (Å²) < 4.78 is 50.6. The van der Waals surface area contributed by atoms with Crippen molar-refractivity contribution in [3.8, 4) is 17.6 Å². The van der Waals surface area contributed by atoms with Crippen LogP contribution in [-0.4, -0.2) is 135 Å². The van der Waals surface area contributed by atoms with Gasteiger partial charge in [0, 0.05) is 95.2 Å². The minimum Gasteiger partial charge on any atom is -0.483 e. The molecule has 0 saturated carbocycles. The number of nitrogens with zero attached hydrogens (tertiary/aromatic N) is 6. The quantitative estimate of drug-likeness (QED) is 0.0231. The summed E-state index contributed by atoms with van der Waals surface area (Å²) in [6.07, 6.45) is 6.10. The van der Waals surface area contributed by atoms with Crippen molar-refractivity contribution in [2.24, 2.45) is 0 Å². The number of imide groups is 2. The summed E-state index contributed by atoms with van der Waals surface area (Å²) in [4.78, 5) is 110. The molecule has 2 fully saturated rings. The van der Waals surface area contributed by atoms with Crippen LogP contribution in [0.25, 0.3) is 5.65 Å². The minimum absolute atomic E-state index is 0.00114. The van der Waals surface area contributed by atoms with Gasteiger partial charge in [-0.3, -0.25) is 53.5 Å². The Morgan fingerprint density at radius 1 is 0.778 bits per heavy atom. The number of benzene rings is 3. The molecule has 21 heteroatoms. The highest BCUT2D eigenvalue weighted by Gasteiger charge is 2.46. The van der Waals surface area contributed by atoms with Gasteiger partial charge in [-0.2, -0.15) is 18.3 Å². The van der Waals surface area contributed by atoms with Crippen LogP contribution in [0.1, 0.15) is 148 Å². The molecule has 1 unspecified atom stereocenters. The molecule has 3 aromatic carbocycles. The van der Waals surface area contributed by atoms with Gasteiger partial charge in [0.2, 0.25) is 17.7 Å². The highest BCUT2D eigenvalue weighted by atomic mass is 19.4. The van der Waals surface area contributed by atoms with Crippen molar-refractivity contribution in [2.75, 3.05) is 52.4 Å². The number of unbranched alkanes of at least 4 members (excludes halogenated alkanes) is 6. The van der Waals surface area contributed by atoms with Gasteiger partial charge in [0.25, 0.3) is 17.7 Å². The van der Waals surface area contributed by atoms with Crippen LogP contribution in [0.4, 0.5) is 13.2 Å². The average molecular weight is 1110 g/mol. The number of alkyl halides is 3. The number of hydrogen-bond acceptors (Lipinski definition) is 13. The first-order chi connectivity index (χ1) is 39.0. The van der Waals surface area contributed by atoms with E-state index >= 15 is 0 Å². The molecule has 0 radical (unpaired) electrons. The van der Waals surface area contributed by atoms with Crippen LogP contribution < -0.4 is 20.7 Å². The molecule has 5 aromatic rings. The monoisotopic (exact) mass is 1110 g/mol. The fourth-order valence-electron chi connectivity index (χ4n) is 10.2. The van der Waals surface area contributed by atoms with Crippen molar-refractivity contribution in [3.63, 3.8) is 0 Å². The standard InChI is InChI=1S/C60H66F3N9O9/c1-40-16-18-43(36-42(40)20-21-45-37-66-52-15-10-28-67-72(45)52)50(74)35-41-17-19-44(48(34-41)60(61,62)63)38-70-32-30-69(31-33-70)29-11-27-64-53(75)24-22-46(73)12-7-5-3-2-4-6-8-26-65-55(77)39-81-51-14-9-13-47-56(51)59(80)71(58(47)79)49-23-25-54(76)68-57(49)78/h9-10,13-19,28,34,36-37,49H,2-8,11-12,22-27,29-33,35,38-39H2,1H3,(H,64,75)(H,65,77)(H,68,76,78). The third kappa shape index (κ3) is 16.1. The molecule has 5 heterocycles. The van der Waals surface area contributed by atoms with Gasteiger partial charge in [-0.1, -0.05) is 68.4 Å². The SMILES string of the molecule is Cc1ccc(C(=O)Cc2ccc(CN3CCN(CCCNC(=O)CCC(=O)CCCCCCCCCNC(=O)COc4cccc5c4C(=O)N(C4CCC(=O)NC4=O)C5=O)CC3)c(C(F)(F)F)c2)cc1C#Cc1cnc2cccnn12. The van der Waals surface area contributed by atoms with E-state index in [2.05, 4.69) is 42.8 Å². The van der Waals surface area contributed by atoms with E-state index in [1.54, 1.807) is 47.2 Å². The summed E-state index contributed by atoms with van der Waals surface area (Å²) in [5.41, 5.74) is 2.76. The largest absolute Gasteiger partial charge is 0.483 e. The number of carbonyl (C=O) groups is 8. The van der Waals surface area contributed by atoms with Gasteiger partial charge >= 0.3 is 6.18 Å². The number of fused-ring (bicyclic) bond motifs is 2. The predicted molar refractivity (Wildman–Crippen MR) is 292 cm³/mol. The molecule has 0 aliphatic carbocycles. The van der Waals surface area contributed by atoms with Gasteiger partial charge in [-0.05, 0) is 98.2 Å². The fraction of sp³-hybridized carbons (Fsp3) is 0.433. The maximum absolute atomic E-state index is 14.5. The maximum atomic E-state index is 14.5. The molecule has 0 bridgehead atoms. The van der Waals surface area contributed by atoms with Gasteiger partial charge in [-0.25, -0.2) is 9.50 Å². The summed E-state index contributed by atoms with van der Waals surface area (Å²) >= 11 is 0. The summed E-state index contributed by atoms with van der Waals surface area (Å²) in [7, 11) is 0. The van der Waals surface area contributed by atoms with Crippen LogP contribution in [-0.2, 0) is 43.1 Å². The summed E-state index contributed by atoms with van der Waals surface area (Å²) in [5.74, 6) is 2.80. The van der Waals surface area contributed by atoms with Gasteiger partial charge in [0.05, 0.1) is 22.9 Å². The Kier molecular flexibility index (Phi) is 20.3. The number of aryl methyl sites for hydroxylation is 1. The molecule has 18 nitrogen and oxygen atoms in total. The molecule has 3 aliphatic heterocycles. The Bertz CT molecular complexity index is 3230. The Morgan fingerprint density at radius 3 is 2.30 bits per heavy atom. The number of piperazine rings is 1. The number of ether oxygens (including phenoxy) is 1. The van der Waals surface area contributed by atoms with Crippen LogP contribution in [0, 0.1) is 18.8 Å². The van der Waals surface area contributed by atoms with Crippen LogP contribution in [0.15, 0.2) is 79.1 Å². The summed E-state index contributed by atoms with van der Waals surface area (Å²) in [6.45, 7) is 5.71. The molecular weight excluding hydrogens is 1050 g/mol. The van der Waals surface area contributed by atoms with Gasteiger partial charge < -0.3 is 20.3 Å². The Labute approximate surface area is 467 Å².